The number of amides is 1. The maximum Gasteiger partial charge on any atom is 0.436 e. The second kappa shape index (κ2) is 9.15. The summed E-state index contributed by atoms with van der Waals surface area (Å²) in [5.41, 5.74) is 0.218. The van der Waals surface area contributed by atoms with E-state index in [9.17, 15) is 22.8 Å². The molecule has 2 aromatic rings. The Balaban J connectivity index is 1.59. The molecule has 0 saturated heterocycles. The van der Waals surface area contributed by atoms with E-state index in [0.717, 1.165) is 25.7 Å². The summed E-state index contributed by atoms with van der Waals surface area (Å²) in [4.78, 5) is 26.1. The topological polar surface area (TPSA) is 87.5 Å². The van der Waals surface area contributed by atoms with Crippen molar-refractivity contribution in [3.63, 3.8) is 0 Å². The summed E-state index contributed by atoms with van der Waals surface area (Å²) in [6.07, 6.45) is -1.08. The van der Waals surface area contributed by atoms with Crippen LogP contribution in [-0.4, -0.2) is 39.9 Å². The molecular weight excluding hydrogens is 449 g/mol. The molecule has 1 fully saturated rings. The standard InChI is InChI=1S/C24H27F3N4O3/c1-14-3-5-16(6-4-14)13-30-11-12-31-22(30)19(20(29-31)24(25,26)27)21(32)28-15(2)17-7-9-18(10-8-17)23(33)34/h7-10,15-16H,1,3-6,11-13H2,2H3,(H,28,32)(H,33,34)/t15-/m0/s1. The van der Waals surface area contributed by atoms with Gasteiger partial charge in [0.1, 0.15) is 11.4 Å². The first kappa shape index (κ1) is 23.8. The number of hydrogen-bond donors (Lipinski definition) is 2. The number of aromatic carboxylic acids is 1. The van der Waals surface area contributed by atoms with Crippen molar-refractivity contribution >= 4 is 17.7 Å². The normalized spacial score (nSPS) is 17.5. The Hall–Kier alpha value is -3.30. The van der Waals surface area contributed by atoms with Crippen molar-refractivity contribution in [1.29, 1.82) is 0 Å². The van der Waals surface area contributed by atoms with Gasteiger partial charge in [-0.1, -0.05) is 24.3 Å². The Morgan fingerprint density at radius 3 is 2.44 bits per heavy atom. The second-order valence-corrected chi connectivity index (χ2v) is 9.03. The van der Waals surface area contributed by atoms with Gasteiger partial charge in [0.05, 0.1) is 18.2 Å². The predicted molar refractivity (Wildman–Crippen MR) is 120 cm³/mol. The molecule has 0 radical (unpaired) electrons. The fraction of sp³-hybridized carbons (Fsp3) is 0.458. The molecule has 1 amide bonds. The Kier molecular flexibility index (Phi) is 6.42. The Labute approximate surface area is 195 Å². The third kappa shape index (κ3) is 4.80. The maximum absolute atomic E-state index is 13.8. The van der Waals surface area contributed by atoms with Crippen molar-refractivity contribution in [3.8, 4) is 0 Å². The van der Waals surface area contributed by atoms with Gasteiger partial charge in [-0.3, -0.25) is 4.79 Å². The lowest BCUT2D eigenvalue weighted by atomic mass is 9.86. The van der Waals surface area contributed by atoms with E-state index in [1.54, 1.807) is 6.92 Å². The first-order valence-electron chi connectivity index (χ1n) is 11.3. The number of nitrogens with zero attached hydrogens (tertiary/aromatic N) is 3. The zero-order valence-electron chi connectivity index (χ0n) is 18.9. The van der Waals surface area contributed by atoms with E-state index in [2.05, 4.69) is 17.0 Å². The number of benzene rings is 1. The lowest BCUT2D eigenvalue weighted by Crippen LogP contribution is -2.33. The molecule has 4 rings (SSSR count). The average molecular weight is 476 g/mol. The third-order valence-corrected chi connectivity index (χ3v) is 6.60. The minimum Gasteiger partial charge on any atom is -0.478 e. The van der Waals surface area contributed by atoms with E-state index in [1.165, 1.54) is 34.5 Å². The lowest BCUT2D eigenvalue weighted by molar-refractivity contribution is -0.141. The fourth-order valence-corrected chi connectivity index (χ4v) is 4.68. The first-order chi connectivity index (χ1) is 16.0. The number of allylic oxidation sites excluding steroid dienone is 1. The van der Waals surface area contributed by atoms with Crippen LogP contribution in [0, 0.1) is 5.92 Å². The van der Waals surface area contributed by atoms with Gasteiger partial charge in [0, 0.05) is 13.1 Å². The zero-order chi connectivity index (χ0) is 24.6. The van der Waals surface area contributed by atoms with Crippen LogP contribution in [0.3, 0.4) is 0 Å². The summed E-state index contributed by atoms with van der Waals surface area (Å²) in [7, 11) is 0. The van der Waals surface area contributed by atoms with Crippen molar-refractivity contribution < 1.29 is 27.9 Å². The van der Waals surface area contributed by atoms with E-state index in [-0.39, 0.29) is 17.9 Å². The van der Waals surface area contributed by atoms with E-state index >= 15 is 0 Å². The molecule has 1 aromatic carbocycles. The molecule has 0 unspecified atom stereocenters. The number of carbonyl (C=O) groups excluding carboxylic acids is 1. The molecule has 1 saturated carbocycles. The van der Waals surface area contributed by atoms with Gasteiger partial charge in [0.25, 0.3) is 5.91 Å². The minimum atomic E-state index is -4.77. The van der Waals surface area contributed by atoms with Gasteiger partial charge in [-0.2, -0.15) is 18.3 Å². The van der Waals surface area contributed by atoms with Crippen LogP contribution in [0.4, 0.5) is 19.0 Å². The molecule has 1 atom stereocenters. The number of rotatable bonds is 6. The quantitative estimate of drug-likeness (QED) is 0.593. The van der Waals surface area contributed by atoms with Crippen LogP contribution < -0.4 is 10.2 Å². The Morgan fingerprint density at radius 2 is 1.85 bits per heavy atom. The maximum atomic E-state index is 13.8. The molecule has 1 aliphatic carbocycles. The largest absolute Gasteiger partial charge is 0.478 e. The fourth-order valence-electron chi connectivity index (χ4n) is 4.68. The number of carboxylic acid groups (broad SMARTS) is 1. The summed E-state index contributed by atoms with van der Waals surface area (Å²) in [6.45, 7) is 7.02. The van der Waals surface area contributed by atoms with Gasteiger partial charge >= 0.3 is 12.1 Å². The van der Waals surface area contributed by atoms with Crippen molar-refractivity contribution in [3.05, 3.63) is 58.8 Å². The van der Waals surface area contributed by atoms with Crippen molar-refractivity contribution in [2.75, 3.05) is 18.0 Å². The number of carboxylic acids is 1. The predicted octanol–water partition coefficient (Wildman–Crippen LogP) is 4.66. The summed E-state index contributed by atoms with van der Waals surface area (Å²) in [5.74, 6) is -1.41. The number of halogens is 3. The Bertz CT molecular complexity index is 1100. The number of nitrogens with one attached hydrogen (secondary N) is 1. The van der Waals surface area contributed by atoms with Crippen LogP contribution >= 0.6 is 0 Å². The molecule has 34 heavy (non-hydrogen) atoms. The van der Waals surface area contributed by atoms with Crippen molar-refractivity contribution in [1.82, 2.24) is 15.1 Å². The highest BCUT2D eigenvalue weighted by molar-refractivity contribution is 6.01. The lowest BCUT2D eigenvalue weighted by Gasteiger charge is -2.29. The van der Waals surface area contributed by atoms with Gasteiger partial charge in [-0.25, -0.2) is 9.48 Å². The van der Waals surface area contributed by atoms with Crippen LogP contribution in [0.25, 0.3) is 0 Å². The molecule has 1 aromatic heterocycles. The van der Waals surface area contributed by atoms with Crippen molar-refractivity contribution in [2.24, 2.45) is 5.92 Å². The number of carbonyl (C=O) groups is 2. The summed E-state index contributed by atoms with van der Waals surface area (Å²) in [5, 5.41) is 15.4. The molecule has 0 spiro atoms. The van der Waals surface area contributed by atoms with Crippen LogP contribution in [-0.2, 0) is 12.7 Å². The SMILES string of the molecule is C=C1CCC(CN2CCn3nc(C(F)(F)F)c(C(=O)N[C@@H](C)c4ccc(C(=O)O)cc4)c32)CC1. The van der Waals surface area contributed by atoms with E-state index in [0.29, 0.717) is 24.6 Å². The highest BCUT2D eigenvalue weighted by Crippen LogP contribution is 2.39. The summed E-state index contributed by atoms with van der Waals surface area (Å²) >= 11 is 0. The van der Waals surface area contributed by atoms with Crippen LogP contribution in [0.2, 0.25) is 0 Å². The van der Waals surface area contributed by atoms with E-state index < -0.39 is 35.4 Å². The summed E-state index contributed by atoms with van der Waals surface area (Å²) < 4.78 is 42.8. The Morgan fingerprint density at radius 1 is 1.21 bits per heavy atom. The monoisotopic (exact) mass is 476 g/mol. The number of aromatic nitrogens is 2. The highest BCUT2D eigenvalue weighted by Gasteiger charge is 2.44. The highest BCUT2D eigenvalue weighted by atomic mass is 19.4. The molecule has 182 valence electrons. The molecular formula is C24H27F3N4O3. The van der Waals surface area contributed by atoms with Gasteiger partial charge in [0.2, 0.25) is 0 Å². The van der Waals surface area contributed by atoms with Gasteiger partial charge in [-0.15, -0.1) is 0 Å². The van der Waals surface area contributed by atoms with Gasteiger partial charge < -0.3 is 15.3 Å². The first-order valence-corrected chi connectivity index (χ1v) is 11.3. The number of fused-ring (bicyclic) bond motifs is 1. The second-order valence-electron chi connectivity index (χ2n) is 9.03. The summed E-state index contributed by atoms with van der Waals surface area (Å²) in [6, 6.07) is 5.21. The zero-order valence-corrected chi connectivity index (χ0v) is 18.9. The number of alkyl halides is 3. The molecule has 2 N–H and O–H groups in total. The minimum absolute atomic E-state index is 0.0815. The number of hydrogen-bond acceptors (Lipinski definition) is 4. The van der Waals surface area contributed by atoms with E-state index in [1.807, 2.05) is 4.90 Å². The van der Waals surface area contributed by atoms with Crippen LogP contribution in [0.5, 0.6) is 0 Å². The molecule has 0 bridgehead atoms. The molecule has 1 aliphatic heterocycles. The molecule has 10 heteroatoms. The van der Waals surface area contributed by atoms with Crippen molar-refractivity contribution in [2.45, 2.75) is 51.4 Å². The van der Waals surface area contributed by atoms with E-state index in [4.69, 9.17) is 5.11 Å². The average Bonchev–Trinajstić information content (AvgIpc) is 3.35. The van der Waals surface area contributed by atoms with Gasteiger partial charge in [-0.05, 0) is 56.2 Å². The molecule has 7 nitrogen and oxygen atoms in total. The van der Waals surface area contributed by atoms with Gasteiger partial charge in [0.15, 0.2) is 5.69 Å². The molecule has 2 aliphatic rings. The number of anilines is 1. The third-order valence-electron chi connectivity index (χ3n) is 6.60. The smallest absolute Gasteiger partial charge is 0.436 e. The molecule has 2 heterocycles. The van der Waals surface area contributed by atoms with Crippen LogP contribution in [0.15, 0.2) is 36.4 Å². The van der Waals surface area contributed by atoms with Crippen LogP contribution in [0.1, 0.15) is 70.6 Å².